The lowest BCUT2D eigenvalue weighted by Gasteiger charge is -2.27. The summed E-state index contributed by atoms with van der Waals surface area (Å²) in [6.07, 6.45) is 2.32. The first-order valence-electron chi connectivity index (χ1n) is 7.15. The lowest BCUT2D eigenvalue weighted by Crippen LogP contribution is -2.43. The second-order valence-electron chi connectivity index (χ2n) is 5.89. The van der Waals surface area contributed by atoms with Crippen molar-refractivity contribution in [2.45, 2.75) is 32.1 Å². The Bertz CT molecular complexity index is 408. The highest BCUT2D eigenvalue weighted by molar-refractivity contribution is 5.87. The zero-order valence-corrected chi connectivity index (χ0v) is 11.9. The fourth-order valence-corrected chi connectivity index (χ4v) is 2.53. The van der Waals surface area contributed by atoms with Crippen LogP contribution in [0.25, 0.3) is 0 Å². The fourth-order valence-electron chi connectivity index (χ4n) is 2.53. The van der Waals surface area contributed by atoms with E-state index >= 15 is 0 Å². The minimum Gasteiger partial charge on any atom is -0.355 e. The number of amides is 1. The number of nitrogens with one attached hydrogen (secondary N) is 2. The zero-order valence-electron chi connectivity index (χ0n) is 11.9. The van der Waals surface area contributed by atoms with Crippen molar-refractivity contribution in [1.29, 1.82) is 0 Å². The van der Waals surface area contributed by atoms with Crippen molar-refractivity contribution < 1.29 is 4.79 Å². The molecule has 104 valence electrons. The van der Waals surface area contributed by atoms with Crippen LogP contribution in [0.4, 0.5) is 0 Å². The Morgan fingerprint density at radius 2 is 1.89 bits per heavy atom. The molecule has 0 aromatic heterocycles. The van der Waals surface area contributed by atoms with E-state index in [0.29, 0.717) is 5.92 Å². The molecule has 1 heterocycles. The molecule has 1 fully saturated rings. The molecule has 0 spiro atoms. The van der Waals surface area contributed by atoms with E-state index in [1.165, 1.54) is 0 Å². The molecule has 1 aliphatic heterocycles. The molecule has 0 unspecified atom stereocenters. The number of benzene rings is 1. The third-order valence-electron chi connectivity index (χ3n) is 4.07. The van der Waals surface area contributed by atoms with E-state index in [-0.39, 0.29) is 5.91 Å². The summed E-state index contributed by atoms with van der Waals surface area (Å²) in [5.74, 6) is 0.744. The van der Waals surface area contributed by atoms with Crippen LogP contribution in [0, 0.1) is 5.92 Å². The van der Waals surface area contributed by atoms with Crippen LogP contribution in [0.2, 0.25) is 0 Å². The van der Waals surface area contributed by atoms with Crippen molar-refractivity contribution >= 4 is 5.91 Å². The average Bonchev–Trinajstić information content (AvgIpc) is 2.46. The van der Waals surface area contributed by atoms with Crippen LogP contribution in [-0.2, 0) is 10.2 Å². The Labute approximate surface area is 115 Å². The normalized spacial score (nSPS) is 17.2. The first kappa shape index (κ1) is 14.1. The molecular weight excluding hydrogens is 236 g/mol. The molecule has 0 atom stereocenters. The second kappa shape index (κ2) is 6.20. The van der Waals surface area contributed by atoms with Crippen LogP contribution < -0.4 is 10.6 Å². The van der Waals surface area contributed by atoms with Crippen LogP contribution in [-0.4, -0.2) is 25.5 Å². The highest BCUT2D eigenvalue weighted by Crippen LogP contribution is 2.23. The van der Waals surface area contributed by atoms with Crippen molar-refractivity contribution in [1.82, 2.24) is 10.6 Å². The van der Waals surface area contributed by atoms with Crippen molar-refractivity contribution in [3.8, 4) is 0 Å². The molecule has 0 saturated carbocycles. The van der Waals surface area contributed by atoms with E-state index in [2.05, 4.69) is 10.6 Å². The Morgan fingerprint density at radius 1 is 1.26 bits per heavy atom. The number of piperidine rings is 1. The molecule has 19 heavy (non-hydrogen) atoms. The van der Waals surface area contributed by atoms with E-state index in [1.54, 1.807) is 0 Å². The third-order valence-corrected chi connectivity index (χ3v) is 4.07. The standard InChI is InChI=1S/C16H24N2O/c1-16(2,14-6-4-3-5-7-14)15(19)18-12-13-8-10-17-11-9-13/h3-7,13,17H,8-12H2,1-2H3,(H,18,19). The van der Waals surface area contributed by atoms with Gasteiger partial charge < -0.3 is 10.6 Å². The molecule has 2 rings (SSSR count). The lowest BCUT2D eigenvalue weighted by molar-refractivity contribution is -0.125. The van der Waals surface area contributed by atoms with Gasteiger partial charge in [0.05, 0.1) is 5.41 Å². The van der Waals surface area contributed by atoms with Gasteiger partial charge in [0.25, 0.3) is 0 Å². The van der Waals surface area contributed by atoms with Crippen molar-refractivity contribution in [3.05, 3.63) is 35.9 Å². The number of carbonyl (C=O) groups is 1. The molecule has 1 saturated heterocycles. The molecule has 1 aromatic rings. The number of carbonyl (C=O) groups excluding carboxylic acids is 1. The zero-order chi connectivity index (χ0) is 13.7. The van der Waals surface area contributed by atoms with Gasteiger partial charge in [0.1, 0.15) is 0 Å². The summed E-state index contributed by atoms with van der Waals surface area (Å²) in [5, 5.41) is 6.47. The third kappa shape index (κ3) is 3.57. The Kier molecular flexibility index (Phi) is 4.59. The van der Waals surface area contributed by atoms with Gasteiger partial charge in [0, 0.05) is 6.54 Å². The quantitative estimate of drug-likeness (QED) is 0.870. The first-order valence-corrected chi connectivity index (χ1v) is 7.15. The van der Waals surface area contributed by atoms with Gasteiger partial charge in [-0.15, -0.1) is 0 Å². The largest absolute Gasteiger partial charge is 0.355 e. The molecule has 1 aromatic carbocycles. The number of hydrogen-bond donors (Lipinski definition) is 2. The summed E-state index contributed by atoms with van der Waals surface area (Å²) in [6.45, 7) is 6.92. The molecule has 1 amide bonds. The number of hydrogen-bond acceptors (Lipinski definition) is 2. The van der Waals surface area contributed by atoms with Gasteiger partial charge in [-0.05, 0) is 51.3 Å². The SMILES string of the molecule is CC(C)(C(=O)NCC1CCNCC1)c1ccccc1. The maximum atomic E-state index is 12.4. The highest BCUT2D eigenvalue weighted by Gasteiger charge is 2.29. The summed E-state index contributed by atoms with van der Waals surface area (Å²) in [4.78, 5) is 12.4. The van der Waals surface area contributed by atoms with Crippen LogP contribution in [0.15, 0.2) is 30.3 Å². The van der Waals surface area contributed by atoms with E-state index in [9.17, 15) is 4.79 Å². The van der Waals surface area contributed by atoms with Gasteiger partial charge in [-0.2, -0.15) is 0 Å². The van der Waals surface area contributed by atoms with Crippen LogP contribution >= 0.6 is 0 Å². The molecule has 3 heteroatoms. The molecule has 1 aliphatic rings. The summed E-state index contributed by atoms with van der Waals surface area (Å²) in [5.41, 5.74) is 0.603. The molecule has 0 aliphatic carbocycles. The van der Waals surface area contributed by atoms with Gasteiger partial charge in [-0.3, -0.25) is 4.79 Å². The molecule has 3 nitrogen and oxygen atoms in total. The van der Waals surface area contributed by atoms with Crippen LogP contribution in [0.3, 0.4) is 0 Å². The summed E-state index contributed by atoms with van der Waals surface area (Å²) in [7, 11) is 0. The van der Waals surface area contributed by atoms with Gasteiger partial charge >= 0.3 is 0 Å². The van der Waals surface area contributed by atoms with Gasteiger partial charge in [0.15, 0.2) is 0 Å². The van der Waals surface area contributed by atoms with Crippen LogP contribution in [0.5, 0.6) is 0 Å². The monoisotopic (exact) mass is 260 g/mol. The second-order valence-corrected chi connectivity index (χ2v) is 5.89. The highest BCUT2D eigenvalue weighted by atomic mass is 16.2. The maximum Gasteiger partial charge on any atom is 0.230 e. The van der Waals surface area contributed by atoms with E-state index < -0.39 is 5.41 Å². The average molecular weight is 260 g/mol. The van der Waals surface area contributed by atoms with Crippen molar-refractivity contribution in [2.75, 3.05) is 19.6 Å². The topological polar surface area (TPSA) is 41.1 Å². The van der Waals surface area contributed by atoms with Crippen molar-refractivity contribution in [3.63, 3.8) is 0 Å². The Balaban J connectivity index is 1.91. The number of rotatable bonds is 4. The van der Waals surface area contributed by atoms with Gasteiger partial charge in [-0.25, -0.2) is 0 Å². The van der Waals surface area contributed by atoms with E-state index in [4.69, 9.17) is 0 Å². The predicted molar refractivity (Wildman–Crippen MR) is 78.1 cm³/mol. The molecule has 0 radical (unpaired) electrons. The van der Waals surface area contributed by atoms with E-state index in [1.807, 2.05) is 44.2 Å². The minimum atomic E-state index is -0.464. The van der Waals surface area contributed by atoms with Crippen molar-refractivity contribution in [2.24, 2.45) is 5.92 Å². The van der Waals surface area contributed by atoms with Crippen LogP contribution in [0.1, 0.15) is 32.3 Å². The predicted octanol–water partition coefficient (Wildman–Crippen LogP) is 2.08. The van der Waals surface area contributed by atoms with Gasteiger partial charge in [0.2, 0.25) is 5.91 Å². The maximum absolute atomic E-state index is 12.4. The summed E-state index contributed by atoms with van der Waals surface area (Å²) in [6, 6.07) is 9.98. The first-order chi connectivity index (χ1) is 9.10. The smallest absolute Gasteiger partial charge is 0.230 e. The summed E-state index contributed by atoms with van der Waals surface area (Å²) < 4.78 is 0. The molecule has 0 bridgehead atoms. The lowest BCUT2D eigenvalue weighted by atomic mass is 9.83. The fraction of sp³-hybridized carbons (Fsp3) is 0.562. The van der Waals surface area contributed by atoms with Gasteiger partial charge in [-0.1, -0.05) is 30.3 Å². The molecule has 2 N–H and O–H groups in total. The Morgan fingerprint density at radius 3 is 2.53 bits per heavy atom. The summed E-state index contributed by atoms with van der Waals surface area (Å²) >= 11 is 0. The Hall–Kier alpha value is -1.35. The minimum absolute atomic E-state index is 0.122. The van der Waals surface area contributed by atoms with E-state index in [0.717, 1.165) is 38.0 Å². The molecular formula is C16H24N2O.